The number of benzene rings is 3. The molecular weight excluding hydrogens is 469 g/mol. The average Bonchev–Trinajstić information content (AvgIpc) is 2.93. The maximum Gasteiger partial charge on any atom is 0.200 e. The summed E-state index contributed by atoms with van der Waals surface area (Å²) in [6.07, 6.45) is 14.3. The zero-order valence-electron chi connectivity index (χ0n) is 21.4. The first-order valence-electron chi connectivity index (χ1n) is 13.6. The summed E-state index contributed by atoms with van der Waals surface area (Å²) < 4.78 is 43.2. The van der Waals surface area contributed by atoms with Crippen molar-refractivity contribution >= 4 is 0 Å². The second kappa shape index (κ2) is 11.2. The number of hydrogen-bond donors (Lipinski definition) is 1. The molecule has 1 nitrogen and oxygen atoms in total. The molecule has 0 bridgehead atoms. The number of hydrogen-bond acceptors (Lipinski definition) is 1. The molecule has 0 heterocycles. The van der Waals surface area contributed by atoms with Crippen molar-refractivity contribution in [2.45, 2.75) is 64.2 Å². The molecule has 5 rings (SSSR count). The Morgan fingerprint density at radius 1 is 0.676 bits per heavy atom. The van der Waals surface area contributed by atoms with Crippen LogP contribution in [0, 0.1) is 35.2 Å². The van der Waals surface area contributed by atoms with Gasteiger partial charge in [-0.3, -0.25) is 0 Å². The maximum atomic E-state index is 15.2. The van der Waals surface area contributed by atoms with Gasteiger partial charge in [0.1, 0.15) is 5.82 Å². The minimum Gasteiger partial charge on any atom is -0.505 e. The van der Waals surface area contributed by atoms with Gasteiger partial charge < -0.3 is 5.11 Å². The molecule has 0 amide bonds. The van der Waals surface area contributed by atoms with Gasteiger partial charge in [0.05, 0.1) is 0 Å². The van der Waals surface area contributed by atoms with Crippen molar-refractivity contribution in [2.24, 2.45) is 17.8 Å². The van der Waals surface area contributed by atoms with Crippen molar-refractivity contribution < 1.29 is 18.3 Å². The summed E-state index contributed by atoms with van der Waals surface area (Å²) in [7, 11) is 0. The molecule has 2 saturated carbocycles. The van der Waals surface area contributed by atoms with Gasteiger partial charge in [0.25, 0.3) is 0 Å². The SMILES string of the molecule is C/C=C/C1CCC(C2CCC(c3ccc(-c4ccc(-c5ccc(O)c(F)c5F)cc4)cc3F)CC2)CC1. The normalized spacial score (nSPS) is 24.4. The summed E-state index contributed by atoms with van der Waals surface area (Å²) in [5.74, 6) is -0.556. The number of aromatic hydroxyl groups is 1. The lowest BCUT2D eigenvalue weighted by atomic mass is 9.68. The Morgan fingerprint density at radius 3 is 1.89 bits per heavy atom. The maximum absolute atomic E-state index is 15.2. The van der Waals surface area contributed by atoms with E-state index in [2.05, 4.69) is 19.1 Å². The lowest BCUT2D eigenvalue weighted by molar-refractivity contribution is 0.171. The van der Waals surface area contributed by atoms with Crippen LogP contribution in [0.4, 0.5) is 13.2 Å². The third kappa shape index (κ3) is 5.49. The van der Waals surface area contributed by atoms with E-state index in [4.69, 9.17) is 0 Å². The Kier molecular flexibility index (Phi) is 7.73. The third-order valence-corrected chi connectivity index (χ3v) is 8.75. The van der Waals surface area contributed by atoms with E-state index in [0.717, 1.165) is 53.4 Å². The number of phenols is 1. The van der Waals surface area contributed by atoms with E-state index in [0.29, 0.717) is 5.56 Å². The molecule has 0 aliphatic heterocycles. The van der Waals surface area contributed by atoms with Crippen LogP contribution in [0.2, 0.25) is 0 Å². The van der Waals surface area contributed by atoms with Crippen LogP contribution < -0.4 is 0 Å². The van der Waals surface area contributed by atoms with Crippen LogP contribution in [0.5, 0.6) is 5.75 Å². The standard InChI is InChI=1S/C33H35F3O/c1-2-3-21-4-6-22(7-5-21)23-8-12-25(13-9-23)28-17-16-27(20-30(28)34)24-10-14-26(15-11-24)29-18-19-31(37)33(36)32(29)35/h2-3,10-11,14-23,25,37H,4-9,12-13H2,1H3/b3-2+. The fraction of sp³-hybridized carbons (Fsp3) is 0.394. The Labute approximate surface area is 218 Å². The Balaban J connectivity index is 1.22. The van der Waals surface area contributed by atoms with Crippen molar-refractivity contribution in [3.05, 3.63) is 89.8 Å². The Hall–Kier alpha value is -3.01. The van der Waals surface area contributed by atoms with E-state index in [1.807, 2.05) is 12.1 Å². The first-order chi connectivity index (χ1) is 17.9. The quantitative estimate of drug-likeness (QED) is 0.343. The highest BCUT2D eigenvalue weighted by Crippen LogP contribution is 2.45. The number of phenolic OH excluding ortho intramolecular Hbond substituents is 1. The summed E-state index contributed by atoms with van der Waals surface area (Å²) >= 11 is 0. The van der Waals surface area contributed by atoms with Crippen molar-refractivity contribution in [1.29, 1.82) is 0 Å². The first-order valence-corrected chi connectivity index (χ1v) is 13.6. The second-order valence-electron chi connectivity index (χ2n) is 10.9. The summed E-state index contributed by atoms with van der Waals surface area (Å²) in [6, 6.07) is 14.9. The molecule has 0 unspecified atom stereocenters. The molecule has 37 heavy (non-hydrogen) atoms. The van der Waals surface area contributed by atoms with Crippen molar-refractivity contribution in [3.8, 4) is 28.0 Å². The van der Waals surface area contributed by atoms with Gasteiger partial charge in [0, 0.05) is 5.56 Å². The van der Waals surface area contributed by atoms with E-state index < -0.39 is 17.4 Å². The monoisotopic (exact) mass is 504 g/mol. The van der Waals surface area contributed by atoms with Crippen molar-refractivity contribution in [2.75, 3.05) is 0 Å². The van der Waals surface area contributed by atoms with Gasteiger partial charge in [-0.1, -0.05) is 48.6 Å². The first kappa shape index (κ1) is 25.6. The summed E-state index contributed by atoms with van der Waals surface area (Å²) in [5, 5.41) is 9.35. The lowest BCUT2D eigenvalue weighted by Crippen LogP contribution is -2.25. The predicted molar refractivity (Wildman–Crippen MR) is 144 cm³/mol. The summed E-state index contributed by atoms with van der Waals surface area (Å²) in [5.41, 5.74) is 2.95. The van der Waals surface area contributed by atoms with E-state index in [1.54, 1.807) is 30.3 Å². The molecule has 194 valence electrons. The van der Waals surface area contributed by atoms with Crippen LogP contribution in [0.15, 0.2) is 66.7 Å². The summed E-state index contributed by atoms with van der Waals surface area (Å²) in [4.78, 5) is 0. The van der Waals surface area contributed by atoms with Gasteiger partial charge in [0.2, 0.25) is 5.82 Å². The highest BCUT2D eigenvalue weighted by atomic mass is 19.2. The van der Waals surface area contributed by atoms with E-state index in [9.17, 15) is 13.9 Å². The van der Waals surface area contributed by atoms with Crippen LogP contribution in [0.1, 0.15) is 69.8 Å². The minimum absolute atomic E-state index is 0.0739. The van der Waals surface area contributed by atoms with Crippen molar-refractivity contribution in [1.82, 2.24) is 0 Å². The van der Waals surface area contributed by atoms with Crippen LogP contribution in [0.25, 0.3) is 22.3 Å². The lowest BCUT2D eigenvalue weighted by Gasteiger charge is -2.37. The number of rotatable bonds is 5. The van der Waals surface area contributed by atoms with Gasteiger partial charge in [-0.05, 0) is 122 Å². The Morgan fingerprint density at radius 2 is 1.27 bits per heavy atom. The highest BCUT2D eigenvalue weighted by molar-refractivity contribution is 5.71. The molecule has 0 saturated heterocycles. The topological polar surface area (TPSA) is 20.2 Å². The number of halogens is 3. The van der Waals surface area contributed by atoms with Crippen molar-refractivity contribution in [3.63, 3.8) is 0 Å². The minimum atomic E-state index is -1.26. The molecule has 2 aliphatic carbocycles. The van der Waals surface area contributed by atoms with Crippen LogP contribution >= 0.6 is 0 Å². The van der Waals surface area contributed by atoms with Gasteiger partial charge >= 0.3 is 0 Å². The largest absolute Gasteiger partial charge is 0.505 e. The highest BCUT2D eigenvalue weighted by Gasteiger charge is 2.31. The molecule has 4 heteroatoms. The van der Waals surface area contributed by atoms with E-state index in [-0.39, 0.29) is 17.3 Å². The molecule has 3 aromatic rings. The zero-order chi connectivity index (χ0) is 25.9. The molecule has 0 radical (unpaired) electrons. The fourth-order valence-corrected chi connectivity index (χ4v) is 6.62. The molecule has 2 fully saturated rings. The fourth-order valence-electron chi connectivity index (χ4n) is 6.62. The molecule has 0 atom stereocenters. The third-order valence-electron chi connectivity index (χ3n) is 8.75. The van der Waals surface area contributed by atoms with Crippen LogP contribution in [-0.4, -0.2) is 5.11 Å². The predicted octanol–water partition coefficient (Wildman–Crippen LogP) is 9.80. The van der Waals surface area contributed by atoms with Gasteiger partial charge in [0.15, 0.2) is 11.6 Å². The second-order valence-corrected chi connectivity index (χ2v) is 10.9. The van der Waals surface area contributed by atoms with Crippen LogP contribution in [-0.2, 0) is 0 Å². The zero-order valence-corrected chi connectivity index (χ0v) is 21.4. The Bertz CT molecular complexity index is 1250. The summed E-state index contributed by atoms with van der Waals surface area (Å²) in [6.45, 7) is 2.11. The van der Waals surface area contributed by atoms with Crippen LogP contribution in [0.3, 0.4) is 0 Å². The van der Waals surface area contributed by atoms with Gasteiger partial charge in [-0.25, -0.2) is 8.78 Å². The molecule has 2 aliphatic rings. The van der Waals surface area contributed by atoms with Gasteiger partial charge in [-0.15, -0.1) is 0 Å². The van der Waals surface area contributed by atoms with Gasteiger partial charge in [-0.2, -0.15) is 4.39 Å². The van der Waals surface area contributed by atoms with E-state index in [1.165, 1.54) is 44.6 Å². The smallest absolute Gasteiger partial charge is 0.200 e. The molecule has 1 N–H and O–H groups in total. The molecule has 0 aromatic heterocycles. The van der Waals surface area contributed by atoms with E-state index >= 15 is 4.39 Å². The average molecular weight is 505 g/mol. The molecule has 3 aromatic carbocycles. The molecular formula is C33H35F3O. The number of allylic oxidation sites excluding steroid dienone is 2. The molecule has 0 spiro atoms.